The standard InChI is InChI=1S/C14H19NO3/c1-15-8-7-13(10-15)18-12-5-3-11(4-6-12)9-14(16)17-2/h3-6,13H,7-10H2,1-2H3. The summed E-state index contributed by atoms with van der Waals surface area (Å²) in [5.74, 6) is 0.644. The molecule has 0 bridgehead atoms. The molecule has 0 N–H and O–H groups in total. The average molecular weight is 249 g/mol. The fourth-order valence-electron chi connectivity index (χ4n) is 2.11. The first-order valence-electron chi connectivity index (χ1n) is 6.18. The maximum atomic E-state index is 11.1. The summed E-state index contributed by atoms with van der Waals surface area (Å²) in [6.07, 6.45) is 1.66. The van der Waals surface area contributed by atoms with E-state index in [0.717, 1.165) is 30.8 Å². The van der Waals surface area contributed by atoms with Crippen molar-refractivity contribution in [3.8, 4) is 5.75 Å². The molecule has 1 heterocycles. The van der Waals surface area contributed by atoms with Gasteiger partial charge in [-0.3, -0.25) is 4.79 Å². The first-order valence-corrected chi connectivity index (χ1v) is 6.18. The van der Waals surface area contributed by atoms with Crippen LogP contribution in [0.4, 0.5) is 0 Å². The Kier molecular flexibility index (Phi) is 4.20. The van der Waals surface area contributed by atoms with E-state index in [1.807, 2.05) is 24.3 Å². The highest BCUT2D eigenvalue weighted by Crippen LogP contribution is 2.18. The zero-order valence-corrected chi connectivity index (χ0v) is 10.9. The second-order valence-corrected chi connectivity index (χ2v) is 4.69. The van der Waals surface area contributed by atoms with Gasteiger partial charge in [0.15, 0.2) is 0 Å². The van der Waals surface area contributed by atoms with Gasteiger partial charge in [0, 0.05) is 13.1 Å². The van der Waals surface area contributed by atoms with Crippen molar-refractivity contribution in [2.45, 2.75) is 18.9 Å². The number of benzene rings is 1. The molecule has 2 rings (SSSR count). The summed E-state index contributed by atoms with van der Waals surface area (Å²) in [7, 11) is 3.50. The van der Waals surface area contributed by atoms with E-state index >= 15 is 0 Å². The topological polar surface area (TPSA) is 38.8 Å². The molecule has 0 aliphatic carbocycles. The number of hydrogen-bond acceptors (Lipinski definition) is 4. The van der Waals surface area contributed by atoms with E-state index in [1.54, 1.807) is 0 Å². The van der Waals surface area contributed by atoms with Gasteiger partial charge in [-0.1, -0.05) is 12.1 Å². The van der Waals surface area contributed by atoms with Crippen LogP contribution in [-0.4, -0.2) is 44.2 Å². The highest BCUT2D eigenvalue weighted by Gasteiger charge is 2.20. The fourth-order valence-corrected chi connectivity index (χ4v) is 2.11. The number of likely N-dealkylation sites (tertiary alicyclic amines) is 1. The molecule has 0 amide bonds. The minimum Gasteiger partial charge on any atom is -0.489 e. The molecule has 1 aromatic carbocycles. The van der Waals surface area contributed by atoms with Crippen LogP contribution in [0.1, 0.15) is 12.0 Å². The average Bonchev–Trinajstić information content (AvgIpc) is 2.77. The van der Waals surface area contributed by atoms with Crippen LogP contribution in [0.3, 0.4) is 0 Å². The first kappa shape index (κ1) is 12.9. The molecule has 0 aromatic heterocycles. The van der Waals surface area contributed by atoms with Gasteiger partial charge in [-0.05, 0) is 31.2 Å². The normalized spacial score (nSPS) is 19.8. The number of ether oxygens (including phenoxy) is 2. The number of rotatable bonds is 4. The summed E-state index contributed by atoms with van der Waals surface area (Å²) in [6.45, 7) is 2.06. The zero-order chi connectivity index (χ0) is 13.0. The van der Waals surface area contributed by atoms with Gasteiger partial charge < -0.3 is 14.4 Å². The van der Waals surface area contributed by atoms with Crippen molar-refractivity contribution in [3.05, 3.63) is 29.8 Å². The van der Waals surface area contributed by atoms with Crippen molar-refractivity contribution in [1.29, 1.82) is 0 Å². The van der Waals surface area contributed by atoms with E-state index in [1.165, 1.54) is 7.11 Å². The molecule has 0 radical (unpaired) electrons. The van der Waals surface area contributed by atoms with Crippen molar-refractivity contribution in [1.82, 2.24) is 4.90 Å². The molecule has 98 valence electrons. The summed E-state index contributed by atoms with van der Waals surface area (Å²) in [5, 5.41) is 0. The Labute approximate surface area is 107 Å². The third-order valence-electron chi connectivity index (χ3n) is 3.15. The SMILES string of the molecule is COC(=O)Cc1ccc(OC2CCN(C)C2)cc1. The summed E-state index contributed by atoms with van der Waals surface area (Å²) in [6, 6.07) is 7.64. The maximum Gasteiger partial charge on any atom is 0.309 e. The molecule has 4 nitrogen and oxygen atoms in total. The van der Waals surface area contributed by atoms with E-state index in [9.17, 15) is 4.79 Å². The van der Waals surface area contributed by atoms with E-state index in [0.29, 0.717) is 6.42 Å². The largest absolute Gasteiger partial charge is 0.489 e. The molecule has 0 saturated carbocycles. The lowest BCUT2D eigenvalue weighted by Gasteiger charge is -2.13. The van der Waals surface area contributed by atoms with Gasteiger partial charge >= 0.3 is 5.97 Å². The Morgan fingerprint density at radius 1 is 1.39 bits per heavy atom. The van der Waals surface area contributed by atoms with Gasteiger partial charge in [-0.2, -0.15) is 0 Å². The van der Waals surface area contributed by atoms with Gasteiger partial charge in [-0.25, -0.2) is 0 Å². The van der Waals surface area contributed by atoms with E-state index in [-0.39, 0.29) is 12.1 Å². The molecule has 1 aromatic rings. The molecule has 1 saturated heterocycles. The van der Waals surface area contributed by atoms with Gasteiger partial charge in [0.1, 0.15) is 11.9 Å². The maximum absolute atomic E-state index is 11.1. The first-order chi connectivity index (χ1) is 8.67. The fraction of sp³-hybridized carbons (Fsp3) is 0.500. The van der Waals surface area contributed by atoms with Gasteiger partial charge in [-0.15, -0.1) is 0 Å². The monoisotopic (exact) mass is 249 g/mol. The number of likely N-dealkylation sites (N-methyl/N-ethyl adjacent to an activating group) is 1. The van der Waals surface area contributed by atoms with Crippen molar-refractivity contribution in [2.24, 2.45) is 0 Å². The summed E-state index contributed by atoms with van der Waals surface area (Å²) < 4.78 is 10.5. The second kappa shape index (κ2) is 5.87. The quantitative estimate of drug-likeness (QED) is 0.758. The van der Waals surface area contributed by atoms with Crippen LogP contribution in [0, 0.1) is 0 Å². The zero-order valence-electron chi connectivity index (χ0n) is 10.9. The van der Waals surface area contributed by atoms with E-state index < -0.39 is 0 Å². The van der Waals surface area contributed by atoms with Crippen LogP contribution in [0.2, 0.25) is 0 Å². The lowest BCUT2D eigenvalue weighted by molar-refractivity contribution is -0.139. The molecule has 18 heavy (non-hydrogen) atoms. The number of hydrogen-bond donors (Lipinski definition) is 0. The van der Waals surface area contributed by atoms with Gasteiger partial charge in [0.05, 0.1) is 13.5 Å². The van der Waals surface area contributed by atoms with Crippen molar-refractivity contribution >= 4 is 5.97 Å². The van der Waals surface area contributed by atoms with Crippen molar-refractivity contribution in [2.75, 3.05) is 27.2 Å². The molecule has 1 atom stereocenters. The Bertz CT molecular complexity index is 402. The highest BCUT2D eigenvalue weighted by atomic mass is 16.5. The minimum absolute atomic E-state index is 0.221. The third-order valence-corrected chi connectivity index (χ3v) is 3.15. The summed E-state index contributed by atoms with van der Waals surface area (Å²) in [5.41, 5.74) is 0.942. The van der Waals surface area contributed by atoms with Crippen LogP contribution < -0.4 is 4.74 Å². The number of esters is 1. The Balaban J connectivity index is 1.89. The van der Waals surface area contributed by atoms with Crippen molar-refractivity contribution < 1.29 is 14.3 Å². The molecular weight excluding hydrogens is 230 g/mol. The van der Waals surface area contributed by atoms with Crippen molar-refractivity contribution in [3.63, 3.8) is 0 Å². The molecule has 4 heteroatoms. The third kappa shape index (κ3) is 3.47. The van der Waals surface area contributed by atoms with E-state index in [2.05, 4.69) is 16.7 Å². The summed E-state index contributed by atoms with van der Waals surface area (Å²) in [4.78, 5) is 13.4. The van der Waals surface area contributed by atoms with Crippen LogP contribution in [-0.2, 0) is 16.0 Å². The Morgan fingerprint density at radius 2 is 2.11 bits per heavy atom. The Morgan fingerprint density at radius 3 is 2.67 bits per heavy atom. The number of methoxy groups -OCH3 is 1. The molecule has 1 fully saturated rings. The van der Waals surface area contributed by atoms with Crippen LogP contribution in [0.15, 0.2) is 24.3 Å². The van der Waals surface area contributed by atoms with Crippen LogP contribution in [0.5, 0.6) is 5.75 Å². The smallest absolute Gasteiger partial charge is 0.309 e. The van der Waals surface area contributed by atoms with Gasteiger partial charge in [0.25, 0.3) is 0 Å². The molecule has 1 aliphatic rings. The lowest BCUT2D eigenvalue weighted by atomic mass is 10.1. The van der Waals surface area contributed by atoms with Crippen LogP contribution in [0.25, 0.3) is 0 Å². The highest BCUT2D eigenvalue weighted by molar-refractivity contribution is 5.72. The number of carbonyl (C=O) groups excluding carboxylic acids is 1. The number of carbonyl (C=O) groups is 1. The van der Waals surface area contributed by atoms with E-state index in [4.69, 9.17) is 4.74 Å². The summed E-state index contributed by atoms with van der Waals surface area (Å²) >= 11 is 0. The molecule has 1 aliphatic heterocycles. The molecule has 1 unspecified atom stereocenters. The molecular formula is C14H19NO3. The van der Waals surface area contributed by atoms with Gasteiger partial charge in [0.2, 0.25) is 0 Å². The second-order valence-electron chi connectivity index (χ2n) is 4.69. The predicted octanol–water partition coefficient (Wildman–Crippen LogP) is 1.49. The number of nitrogens with zero attached hydrogens (tertiary/aromatic N) is 1. The van der Waals surface area contributed by atoms with Crippen LogP contribution >= 0.6 is 0 Å². The molecule has 0 spiro atoms. The Hall–Kier alpha value is -1.55. The lowest BCUT2D eigenvalue weighted by Crippen LogP contribution is -2.21. The minimum atomic E-state index is -0.221. The predicted molar refractivity (Wildman–Crippen MR) is 68.7 cm³/mol.